The van der Waals surface area contributed by atoms with Crippen LogP contribution in [0.3, 0.4) is 0 Å². The van der Waals surface area contributed by atoms with Crippen molar-refractivity contribution in [3.8, 4) is 0 Å². The van der Waals surface area contributed by atoms with Crippen LogP contribution in [0.5, 0.6) is 0 Å². The molecule has 0 aliphatic carbocycles. The highest BCUT2D eigenvalue weighted by Gasteiger charge is 2.27. The number of carbonyl (C=O) groups is 2. The number of benzene rings is 1. The predicted octanol–water partition coefficient (Wildman–Crippen LogP) is 1.73. The van der Waals surface area contributed by atoms with E-state index in [1.54, 1.807) is 35.0 Å². The van der Waals surface area contributed by atoms with Crippen molar-refractivity contribution >= 4 is 41.6 Å². The second-order valence-electron chi connectivity index (χ2n) is 5.61. The van der Waals surface area contributed by atoms with Gasteiger partial charge in [-0.3, -0.25) is 9.69 Å². The van der Waals surface area contributed by atoms with Gasteiger partial charge in [-0.1, -0.05) is 11.6 Å². The van der Waals surface area contributed by atoms with Crippen molar-refractivity contribution in [3.05, 3.63) is 28.8 Å². The number of halogens is 2. The molecule has 126 valence electrons. The summed E-state index contributed by atoms with van der Waals surface area (Å²) in [4.78, 5) is 27.8. The Morgan fingerprint density at radius 1 is 1.39 bits per heavy atom. The summed E-state index contributed by atoms with van der Waals surface area (Å²) in [5.74, 6) is -0.111. The van der Waals surface area contributed by atoms with Gasteiger partial charge in [0.2, 0.25) is 0 Å². The Hall–Kier alpha value is -1.50. The van der Waals surface area contributed by atoms with E-state index in [1.807, 2.05) is 0 Å². The molecule has 23 heavy (non-hydrogen) atoms. The van der Waals surface area contributed by atoms with Crippen LogP contribution in [0.2, 0.25) is 5.02 Å². The highest BCUT2D eigenvalue weighted by Crippen LogP contribution is 2.26. The third kappa shape index (κ3) is 3.54. The van der Waals surface area contributed by atoms with Gasteiger partial charge >= 0.3 is 6.03 Å². The van der Waals surface area contributed by atoms with Crippen LogP contribution in [0.4, 0.5) is 10.5 Å². The first-order chi connectivity index (χ1) is 10.6. The Bertz CT molecular complexity index is 605. The normalized spacial score (nSPS) is 20.2. The fourth-order valence-electron chi connectivity index (χ4n) is 2.89. The lowest BCUT2D eigenvalue weighted by Gasteiger charge is -2.25. The maximum atomic E-state index is 12.7. The Morgan fingerprint density at radius 2 is 2.17 bits per heavy atom. The molecule has 2 saturated heterocycles. The molecule has 2 fully saturated rings. The highest BCUT2D eigenvalue weighted by atomic mass is 35.5. The number of hydrogen-bond donors (Lipinski definition) is 2. The molecule has 2 heterocycles. The van der Waals surface area contributed by atoms with E-state index >= 15 is 0 Å². The summed E-state index contributed by atoms with van der Waals surface area (Å²) in [6, 6.07) is 5.18. The molecule has 2 aliphatic rings. The number of urea groups is 1. The van der Waals surface area contributed by atoms with E-state index in [2.05, 4.69) is 10.6 Å². The van der Waals surface area contributed by atoms with Gasteiger partial charge in [0.25, 0.3) is 5.91 Å². The number of hydrogen-bond acceptors (Lipinski definition) is 3. The average molecular weight is 359 g/mol. The molecule has 0 bridgehead atoms. The first-order valence-corrected chi connectivity index (χ1v) is 7.78. The molecule has 2 N–H and O–H groups in total. The molecule has 1 aromatic rings. The Morgan fingerprint density at radius 3 is 2.78 bits per heavy atom. The average Bonchev–Trinajstić information content (AvgIpc) is 3.18. The van der Waals surface area contributed by atoms with E-state index in [0.717, 1.165) is 19.5 Å². The maximum absolute atomic E-state index is 12.7. The summed E-state index contributed by atoms with van der Waals surface area (Å²) in [6.45, 7) is 2.92. The summed E-state index contributed by atoms with van der Waals surface area (Å²) < 4.78 is 0. The quantitative estimate of drug-likeness (QED) is 0.864. The fraction of sp³-hybridized carbons (Fsp3) is 0.467. The van der Waals surface area contributed by atoms with Crippen molar-refractivity contribution in [1.82, 2.24) is 15.5 Å². The summed E-state index contributed by atoms with van der Waals surface area (Å²) in [5.41, 5.74) is 1.13. The number of likely N-dealkylation sites (N-methyl/N-ethyl adjacent to an activating group) is 1. The molecular formula is C15H20Cl2N4O2. The molecular weight excluding hydrogens is 339 g/mol. The monoisotopic (exact) mass is 358 g/mol. The summed E-state index contributed by atoms with van der Waals surface area (Å²) >= 11 is 6.20. The molecule has 0 spiro atoms. The molecule has 1 atom stereocenters. The van der Waals surface area contributed by atoms with Gasteiger partial charge in [-0.05, 0) is 31.2 Å². The first kappa shape index (κ1) is 17.8. The van der Waals surface area contributed by atoms with Crippen LogP contribution in [0.1, 0.15) is 16.8 Å². The number of carbonyl (C=O) groups excluding carboxylic acids is 2. The third-order valence-corrected chi connectivity index (χ3v) is 4.58. The predicted molar refractivity (Wildman–Crippen MR) is 92.8 cm³/mol. The van der Waals surface area contributed by atoms with Gasteiger partial charge in [0.15, 0.2) is 0 Å². The van der Waals surface area contributed by atoms with Crippen LogP contribution in [0.25, 0.3) is 0 Å². The summed E-state index contributed by atoms with van der Waals surface area (Å²) in [5, 5.41) is 6.41. The maximum Gasteiger partial charge on any atom is 0.321 e. The van der Waals surface area contributed by atoms with E-state index in [4.69, 9.17) is 11.6 Å². The largest absolute Gasteiger partial charge is 0.337 e. The van der Waals surface area contributed by atoms with Gasteiger partial charge in [0.1, 0.15) is 0 Å². The van der Waals surface area contributed by atoms with Crippen molar-refractivity contribution in [2.24, 2.45) is 0 Å². The SMILES string of the molecule is CN(C(=O)c1cc(N2CCNC2=O)ccc1Cl)C1CCNC1.Cl. The molecule has 6 nitrogen and oxygen atoms in total. The Labute approximate surface area is 146 Å². The van der Waals surface area contributed by atoms with Gasteiger partial charge < -0.3 is 15.5 Å². The topological polar surface area (TPSA) is 64.7 Å². The second-order valence-corrected chi connectivity index (χ2v) is 6.02. The lowest BCUT2D eigenvalue weighted by Crippen LogP contribution is -2.38. The minimum absolute atomic E-state index is 0. The third-order valence-electron chi connectivity index (χ3n) is 4.25. The smallest absolute Gasteiger partial charge is 0.321 e. The minimum atomic E-state index is -0.144. The molecule has 2 aliphatic heterocycles. The second kappa shape index (κ2) is 7.38. The van der Waals surface area contributed by atoms with Crippen molar-refractivity contribution in [1.29, 1.82) is 0 Å². The van der Waals surface area contributed by atoms with Crippen molar-refractivity contribution in [3.63, 3.8) is 0 Å². The van der Waals surface area contributed by atoms with Crippen molar-refractivity contribution < 1.29 is 9.59 Å². The van der Waals surface area contributed by atoms with E-state index in [-0.39, 0.29) is 30.4 Å². The molecule has 0 saturated carbocycles. The van der Waals surface area contributed by atoms with E-state index < -0.39 is 0 Å². The molecule has 1 unspecified atom stereocenters. The van der Waals surface area contributed by atoms with Gasteiger partial charge in [-0.15, -0.1) is 12.4 Å². The van der Waals surface area contributed by atoms with E-state index in [1.165, 1.54) is 0 Å². The standard InChI is InChI=1S/C15H19ClN4O2.ClH/c1-19(11-4-5-17-9-11)14(21)12-8-10(2-3-13(12)16)20-7-6-18-15(20)22;/h2-3,8,11,17H,4-7,9H2,1H3,(H,18,22);1H. The zero-order chi connectivity index (χ0) is 15.7. The molecule has 0 radical (unpaired) electrons. The van der Waals surface area contributed by atoms with E-state index in [0.29, 0.717) is 29.4 Å². The molecule has 3 rings (SSSR count). The minimum Gasteiger partial charge on any atom is -0.337 e. The number of anilines is 1. The zero-order valence-electron chi connectivity index (χ0n) is 12.8. The first-order valence-electron chi connectivity index (χ1n) is 7.40. The zero-order valence-corrected chi connectivity index (χ0v) is 14.4. The molecule has 0 aromatic heterocycles. The fourth-order valence-corrected chi connectivity index (χ4v) is 3.09. The number of amides is 3. The van der Waals surface area contributed by atoms with E-state index in [9.17, 15) is 9.59 Å². The Kier molecular flexibility index (Phi) is 5.73. The van der Waals surface area contributed by atoms with Crippen LogP contribution in [0, 0.1) is 0 Å². The number of rotatable bonds is 3. The lowest BCUT2D eigenvalue weighted by atomic mass is 10.1. The van der Waals surface area contributed by atoms with Gasteiger partial charge in [-0.25, -0.2) is 4.79 Å². The van der Waals surface area contributed by atoms with Gasteiger partial charge in [-0.2, -0.15) is 0 Å². The molecule has 3 amide bonds. The summed E-state index contributed by atoms with van der Waals surface area (Å²) in [6.07, 6.45) is 0.939. The van der Waals surface area contributed by atoms with Crippen molar-refractivity contribution in [2.45, 2.75) is 12.5 Å². The van der Waals surface area contributed by atoms with Crippen LogP contribution in [-0.2, 0) is 0 Å². The van der Waals surface area contributed by atoms with Crippen LogP contribution in [0.15, 0.2) is 18.2 Å². The number of nitrogens with zero attached hydrogens (tertiary/aromatic N) is 2. The van der Waals surface area contributed by atoms with Gasteiger partial charge in [0, 0.05) is 38.4 Å². The van der Waals surface area contributed by atoms with Crippen LogP contribution in [-0.4, -0.2) is 56.1 Å². The van der Waals surface area contributed by atoms with Crippen LogP contribution >= 0.6 is 24.0 Å². The highest BCUT2D eigenvalue weighted by molar-refractivity contribution is 6.34. The van der Waals surface area contributed by atoms with Crippen LogP contribution < -0.4 is 15.5 Å². The van der Waals surface area contributed by atoms with Gasteiger partial charge in [0.05, 0.1) is 10.6 Å². The molecule has 1 aromatic carbocycles. The lowest BCUT2D eigenvalue weighted by molar-refractivity contribution is 0.0744. The summed E-state index contributed by atoms with van der Waals surface area (Å²) in [7, 11) is 1.80. The van der Waals surface area contributed by atoms with Crippen molar-refractivity contribution in [2.75, 3.05) is 38.1 Å². The Balaban J connectivity index is 0.00000192. The number of nitrogens with one attached hydrogen (secondary N) is 2. The molecule has 8 heteroatoms.